The standard InChI is InChI=1S/C14H15F4NO2/c1-13(2)14(3,4)19(13)11-9(17)7(15)6(12(20)21-5)8(16)10(11)18/h1-5H3. The summed E-state index contributed by atoms with van der Waals surface area (Å²) in [6, 6.07) is 0. The van der Waals surface area contributed by atoms with E-state index in [9.17, 15) is 22.4 Å². The number of methoxy groups -OCH3 is 1. The van der Waals surface area contributed by atoms with Gasteiger partial charge in [-0.15, -0.1) is 0 Å². The second kappa shape index (κ2) is 4.35. The molecule has 0 unspecified atom stereocenters. The molecule has 1 saturated heterocycles. The minimum absolute atomic E-state index is 0.680. The first-order valence-electron chi connectivity index (χ1n) is 6.24. The van der Waals surface area contributed by atoms with Crippen molar-refractivity contribution >= 4 is 11.7 Å². The van der Waals surface area contributed by atoms with E-state index < -0.39 is 51.6 Å². The van der Waals surface area contributed by atoms with Crippen molar-refractivity contribution in [2.75, 3.05) is 12.0 Å². The summed E-state index contributed by atoms with van der Waals surface area (Å²) in [7, 11) is 0.863. The summed E-state index contributed by atoms with van der Waals surface area (Å²) in [5, 5.41) is 0. The van der Waals surface area contributed by atoms with Crippen LogP contribution in [0.25, 0.3) is 0 Å². The van der Waals surface area contributed by atoms with Gasteiger partial charge in [-0.2, -0.15) is 0 Å². The summed E-state index contributed by atoms with van der Waals surface area (Å²) in [5.41, 5.74) is -3.54. The molecule has 21 heavy (non-hydrogen) atoms. The lowest BCUT2D eigenvalue weighted by Crippen LogP contribution is -2.18. The first kappa shape index (κ1) is 15.6. The third-order valence-corrected chi connectivity index (χ3v) is 4.42. The Morgan fingerprint density at radius 2 is 1.29 bits per heavy atom. The maximum atomic E-state index is 14.1. The molecule has 0 aliphatic carbocycles. The second-order valence-corrected chi connectivity index (χ2v) is 5.92. The number of carbonyl (C=O) groups is 1. The fourth-order valence-corrected chi connectivity index (χ4v) is 2.58. The summed E-state index contributed by atoms with van der Waals surface area (Å²) < 4.78 is 60.3. The predicted molar refractivity (Wildman–Crippen MR) is 68.3 cm³/mol. The maximum absolute atomic E-state index is 14.1. The molecule has 116 valence electrons. The lowest BCUT2D eigenvalue weighted by molar-refractivity contribution is 0.0587. The largest absolute Gasteiger partial charge is 0.465 e. The van der Waals surface area contributed by atoms with E-state index in [1.54, 1.807) is 27.7 Å². The third kappa shape index (κ3) is 1.82. The highest BCUT2D eigenvalue weighted by molar-refractivity contribution is 5.91. The zero-order valence-electron chi connectivity index (χ0n) is 12.3. The summed E-state index contributed by atoms with van der Waals surface area (Å²) in [4.78, 5) is 12.5. The smallest absolute Gasteiger partial charge is 0.344 e. The number of benzene rings is 1. The van der Waals surface area contributed by atoms with Gasteiger partial charge in [-0.1, -0.05) is 0 Å². The van der Waals surface area contributed by atoms with Gasteiger partial charge in [0.05, 0.1) is 18.2 Å². The van der Waals surface area contributed by atoms with Crippen LogP contribution in [0.5, 0.6) is 0 Å². The van der Waals surface area contributed by atoms with Gasteiger partial charge >= 0.3 is 5.97 Å². The van der Waals surface area contributed by atoms with Crippen LogP contribution in [0.1, 0.15) is 38.1 Å². The summed E-state index contributed by atoms with van der Waals surface area (Å²) in [6.45, 7) is 6.76. The van der Waals surface area contributed by atoms with E-state index >= 15 is 0 Å². The molecule has 0 bridgehead atoms. The lowest BCUT2D eigenvalue weighted by atomic mass is 10.0. The van der Waals surface area contributed by atoms with Crippen LogP contribution in [0.4, 0.5) is 23.2 Å². The van der Waals surface area contributed by atoms with E-state index in [0.717, 1.165) is 7.11 Å². The molecule has 1 fully saturated rings. The van der Waals surface area contributed by atoms with Crippen LogP contribution in [0, 0.1) is 23.3 Å². The molecule has 1 aliphatic heterocycles. The fraction of sp³-hybridized carbons (Fsp3) is 0.500. The molecule has 1 aromatic rings. The van der Waals surface area contributed by atoms with Crippen LogP contribution >= 0.6 is 0 Å². The molecule has 0 radical (unpaired) electrons. The molecule has 7 heteroatoms. The number of carbonyl (C=O) groups excluding carboxylic acids is 1. The number of halogens is 4. The third-order valence-electron chi connectivity index (χ3n) is 4.42. The Labute approximate surface area is 119 Å². The molecule has 0 amide bonds. The van der Waals surface area contributed by atoms with E-state index in [1.807, 2.05) is 0 Å². The maximum Gasteiger partial charge on any atom is 0.344 e. The number of hydrogen-bond donors (Lipinski definition) is 0. The number of nitrogens with zero attached hydrogens (tertiary/aromatic N) is 1. The van der Waals surface area contributed by atoms with Crippen LogP contribution in [-0.4, -0.2) is 24.2 Å². The van der Waals surface area contributed by atoms with Gasteiger partial charge in [0.1, 0.15) is 11.3 Å². The van der Waals surface area contributed by atoms with E-state index in [2.05, 4.69) is 4.74 Å². The Bertz CT molecular complexity index is 597. The number of rotatable bonds is 2. The van der Waals surface area contributed by atoms with Crippen molar-refractivity contribution in [1.82, 2.24) is 0 Å². The van der Waals surface area contributed by atoms with Crippen molar-refractivity contribution in [3.63, 3.8) is 0 Å². The number of esters is 1. The fourth-order valence-electron chi connectivity index (χ4n) is 2.58. The van der Waals surface area contributed by atoms with Crippen molar-refractivity contribution in [3.05, 3.63) is 28.8 Å². The van der Waals surface area contributed by atoms with Crippen molar-refractivity contribution in [2.24, 2.45) is 0 Å². The Kier molecular flexibility index (Phi) is 3.23. The van der Waals surface area contributed by atoms with Crippen molar-refractivity contribution < 1.29 is 27.1 Å². The van der Waals surface area contributed by atoms with Crippen LogP contribution < -0.4 is 4.90 Å². The Balaban J connectivity index is 2.70. The van der Waals surface area contributed by atoms with Crippen molar-refractivity contribution in [1.29, 1.82) is 0 Å². The molecule has 0 aromatic heterocycles. The van der Waals surface area contributed by atoms with Crippen molar-refractivity contribution in [3.8, 4) is 0 Å². The van der Waals surface area contributed by atoms with E-state index in [0.29, 0.717) is 0 Å². The van der Waals surface area contributed by atoms with Crippen LogP contribution in [-0.2, 0) is 4.74 Å². The average molecular weight is 305 g/mol. The van der Waals surface area contributed by atoms with Gasteiger partial charge in [0, 0.05) is 0 Å². The quantitative estimate of drug-likeness (QED) is 0.363. The molecule has 0 spiro atoms. The first-order valence-corrected chi connectivity index (χ1v) is 6.24. The van der Waals surface area contributed by atoms with Gasteiger partial charge in [0.2, 0.25) is 0 Å². The lowest BCUT2D eigenvalue weighted by Gasteiger charge is -2.15. The minimum Gasteiger partial charge on any atom is -0.465 e. The minimum atomic E-state index is -1.76. The zero-order chi connectivity index (χ0) is 16.3. The number of hydrogen-bond acceptors (Lipinski definition) is 3. The van der Waals surface area contributed by atoms with Gasteiger partial charge in [0.15, 0.2) is 23.3 Å². The topological polar surface area (TPSA) is 29.3 Å². The summed E-state index contributed by atoms with van der Waals surface area (Å²) >= 11 is 0. The molecule has 2 rings (SSSR count). The summed E-state index contributed by atoms with van der Waals surface area (Å²) in [5.74, 6) is -8.19. The number of ether oxygens (including phenoxy) is 1. The van der Waals surface area contributed by atoms with E-state index in [4.69, 9.17) is 0 Å². The highest BCUT2D eigenvalue weighted by Crippen LogP contribution is 2.55. The molecule has 0 saturated carbocycles. The molecule has 3 nitrogen and oxygen atoms in total. The molecule has 1 aliphatic rings. The molecule has 0 atom stereocenters. The van der Waals surface area contributed by atoms with Gasteiger partial charge in [-0.05, 0) is 27.7 Å². The van der Waals surface area contributed by atoms with Crippen LogP contribution in [0.3, 0.4) is 0 Å². The highest BCUT2D eigenvalue weighted by atomic mass is 19.2. The predicted octanol–water partition coefficient (Wildman–Crippen LogP) is 3.41. The summed E-state index contributed by atoms with van der Waals surface area (Å²) in [6.07, 6.45) is 0. The van der Waals surface area contributed by atoms with Gasteiger partial charge < -0.3 is 9.64 Å². The first-order chi connectivity index (χ1) is 9.50. The van der Waals surface area contributed by atoms with Gasteiger partial charge in [-0.3, -0.25) is 0 Å². The van der Waals surface area contributed by atoms with Gasteiger partial charge in [-0.25, -0.2) is 22.4 Å². The van der Waals surface area contributed by atoms with Crippen LogP contribution in [0.15, 0.2) is 0 Å². The van der Waals surface area contributed by atoms with Crippen molar-refractivity contribution in [2.45, 2.75) is 38.8 Å². The number of anilines is 1. The monoisotopic (exact) mass is 305 g/mol. The highest BCUT2D eigenvalue weighted by Gasteiger charge is 2.64. The van der Waals surface area contributed by atoms with E-state index in [-0.39, 0.29) is 0 Å². The Morgan fingerprint density at radius 3 is 1.57 bits per heavy atom. The molecule has 1 aromatic carbocycles. The molecule has 1 heterocycles. The Hall–Kier alpha value is -1.79. The molecular weight excluding hydrogens is 290 g/mol. The van der Waals surface area contributed by atoms with Crippen LogP contribution in [0.2, 0.25) is 0 Å². The molecular formula is C14H15F4NO2. The molecule has 0 N–H and O–H groups in total. The SMILES string of the molecule is COC(=O)c1c(F)c(F)c(N2C(C)(C)C2(C)C)c(F)c1F. The second-order valence-electron chi connectivity index (χ2n) is 5.92. The Morgan fingerprint density at radius 1 is 0.905 bits per heavy atom. The zero-order valence-corrected chi connectivity index (χ0v) is 12.3. The normalized spacial score (nSPS) is 18.6. The van der Waals surface area contributed by atoms with E-state index in [1.165, 1.54) is 4.90 Å². The van der Waals surface area contributed by atoms with Gasteiger partial charge in [0.25, 0.3) is 0 Å². The average Bonchev–Trinajstić information content (AvgIpc) is 2.79.